The number of anilines is 2. The molecule has 4 heteroatoms. The molecule has 0 saturated carbocycles. The van der Waals surface area contributed by atoms with E-state index in [1.54, 1.807) is 0 Å². The predicted octanol–water partition coefficient (Wildman–Crippen LogP) is 4.33. The molecule has 0 aliphatic carbocycles. The SMILES string of the molecule is CCCCC(C)Nc1nc(C(C)C)nc(NCC)c1C. The zero-order valence-electron chi connectivity index (χ0n) is 13.9. The van der Waals surface area contributed by atoms with Crippen molar-refractivity contribution < 1.29 is 0 Å². The highest BCUT2D eigenvalue weighted by Crippen LogP contribution is 2.24. The molecular formula is C16H30N4. The number of unbranched alkanes of at least 4 members (excludes halogenated alkanes) is 1. The fraction of sp³-hybridized carbons (Fsp3) is 0.750. The van der Waals surface area contributed by atoms with Crippen LogP contribution >= 0.6 is 0 Å². The molecule has 1 atom stereocenters. The monoisotopic (exact) mass is 278 g/mol. The number of hydrogen-bond acceptors (Lipinski definition) is 4. The molecule has 1 aromatic heterocycles. The summed E-state index contributed by atoms with van der Waals surface area (Å²) in [6, 6.07) is 0.443. The molecular weight excluding hydrogens is 248 g/mol. The highest BCUT2D eigenvalue weighted by molar-refractivity contribution is 5.57. The first kappa shape index (κ1) is 16.7. The summed E-state index contributed by atoms with van der Waals surface area (Å²) in [5.41, 5.74) is 1.11. The van der Waals surface area contributed by atoms with Gasteiger partial charge in [-0.1, -0.05) is 33.6 Å². The third-order valence-electron chi connectivity index (χ3n) is 3.40. The van der Waals surface area contributed by atoms with Gasteiger partial charge in [0.15, 0.2) is 0 Å². The predicted molar refractivity (Wildman–Crippen MR) is 87.6 cm³/mol. The van der Waals surface area contributed by atoms with E-state index in [9.17, 15) is 0 Å². The Bertz CT molecular complexity index is 415. The first-order valence-corrected chi connectivity index (χ1v) is 7.88. The second-order valence-corrected chi connectivity index (χ2v) is 5.78. The van der Waals surface area contributed by atoms with Crippen molar-refractivity contribution in [2.45, 2.75) is 72.8 Å². The summed E-state index contributed by atoms with van der Waals surface area (Å²) in [5, 5.41) is 6.88. The fourth-order valence-electron chi connectivity index (χ4n) is 2.09. The Kier molecular flexibility index (Phi) is 6.76. The second kappa shape index (κ2) is 8.08. The van der Waals surface area contributed by atoms with Gasteiger partial charge in [0.2, 0.25) is 0 Å². The lowest BCUT2D eigenvalue weighted by Crippen LogP contribution is -2.19. The molecule has 0 aromatic carbocycles. The van der Waals surface area contributed by atoms with Gasteiger partial charge in [0.25, 0.3) is 0 Å². The van der Waals surface area contributed by atoms with Crippen LogP contribution in [-0.4, -0.2) is 22.6 Å². The van der Waals surface area contributed by atoms with Gasteiger partial charge in [-0.3, -0.25) is 0 Å². The second-order valence-electron chi connectivity index (χ2n) is 5.78. The van der Waals surface area contributed by atoms with Crippen LogP contribution in [0, 0.1) is 6.92 Å². The molecule has 0 radical (unpaired) electrons. The third-order valence-corrected chi connectivity index (χ3v) is 3.40. The molecule has 1 unspecified atom stereocenters. The van der Waals surface area contributed by atoms with E-state index < -0.39 is 0 Å². The van der Waals surface area contributed by atoms with E-state index >= 15 is 0 Å². The minimum Gasteiger partial charge on any atom is -0.370 e. The molecule has 0 amide bonds. The Morgan fingerprint density at radius 3 is 2.25 bits per heavy atom. The van der Waals surface area contributed by atoms with Crippen LogP contribution in [0.4, 0.5) is 11.6 Å². The Hall–Kier alpha value is -1.32. The Balaban J connectivity index is 2.97. The normalized spacial score (nSPS) is 12.6. The smallest absolute Gasteiger partial charge is 0.135 e. The minimum atomic E-state index is 0.333. The lowest BCUT2D eigenvalue weighted by molar-refractivity contribution is 0.641. The van der Waals surface area contributed by atoms with E-state index in [0.29, 0.717) is 12.0 Å². The fourth-order valence-corrected chi connectivity index (χ4v) is 2.09. The van der Waals surface area contributed by atoms with Crippen LogP contribution in [0.3, 0.4) is 0 Å². The number of nitrogens with zero attached hydrogens (tertiary/aromatic N) is 2. The maximum atomic E-state index is 4.70. The van der Waals surface area contributed by atoms with E-state index in [1.165, 1.54) is 19.3 Å². The molecule has 0 aliphatic rings. The molecule has 114 valence electrons. The van der Waals surface area contributed by atoms with Crippen molar-refractivity contribution in [1.82, 2.24) is 9.97 Å². The summed E-state index contributed by atoms with van der Waals surface area (Å²) in [7, 11) is 0. The van der Waals surface area contributed by atoms with Gasteiger partial charge in [0, 0.05) is 24.1 Å². The van der Waals surface area contributed by atoms with E-state index in [1.807, 2.05) is 0 Å². The van der Waals surface area contributed by atoms with E-state index in [-0.39, 0.29) is 0 Å². The maximum Gasteiger partial charge on any atom is 0.135 e. The standard InChI is InChI=1S/C16H30N4/c1-7-9-10-12(5)18-16-13(6)15(17-8-2)19-14(20-16)11(3)4/h11-12H,7-10H2,1-6H3,(H2,17,18,19,20). The molecule has 0 spiro atoms. The quantitative estimate of drug-likeness (QED) is 0.743. The van der Waals surface area contributed by atoms with Crippen molar-refractivity contribution in [2.75, 3.05) is 17.2 Å². The van der Waals surface area contributed by atoms with Crippen LogP contribution < -0.4 is 10.6 Å². The zero-order valence-corrected chi connectivity index (χ0v) is 13.9. The first-order valence-electron chi connectivity index (χ1n) is 7.88. The van der Waals surface area contributed by atoms with Crippen molar-refractivity contribution in [3.63, 3.8) is 0 Å². The van der Waals surface area contributed by atoms with Crippen molar-refractivity contribution in [3.8, 4) is 0 Å². The van der Waals surface area contributed by atoms with E-state index in [4.69, 9.17) is 4.98 Å². The molecule has 0 saturated heterocycles. The highest BCUT2D eigenvalue weighted by Gasteiger charge is 2.14. The van der Waals surface area contributed by atoms with Gasteiger partial charge in [-0.05, 0) is 27.2 Å². The summed E-state index contributed by atoms with van der Waals surface area (Å²) in [4.78, 5) is 9.33. The van der Waals surface area contributed by atoms with E-state index in [2.05, 4.69) is 57.2 Å². The molecule has 1 aromatic rings. The van der Waals surface area contributed by atoms with E-state index in [0.717, 1.165) is 29.6 Å². The number of nitrogens with one attached hydrogen (secondary N) is 2. The number of rotatable bonds is 8. The largest absolute Gasteiger partial charge is 0.370 e. The van der Waals surface area contributed by atoms with Gasteiger partial charge in [0.1, 0.15) is 17.5 Å². The summed E-state index contributed by atoms with van der Waals surface area (Å²) in [6.45, 7) is 13.8. The van der Waals surface area contributed by atoms with Gasteiger partial charge in [-0.2, -0.15) is 0 Å². The Morgan fingerprint density at radius 2 is 1.70 bits per heavy atom. The van der Waals surface area contributed by atoms with Crippen LogP contribution in [-0.2, 0) is 0 Å². The summed E-state index contributed by atoms with van der Waals surface area (Å²) >= 11 is 0. The van der Waals surface area contributed by atoms with Crippen molar-refractivity contribution >= 4 is 11.6 Å². The average molecular weight is 278 g/mol. The Labute approximate surface area is 123 Å². The lowest BCUT2D eigenvalue weighted by Gasteiger charge is -2.19. The third kappa shape index (κ3) is 4.66. The Morgan fingerprint density at radius 1 is 1.05 bits per heavy atom. The van der Waals surface area contributed by atoms with Crippen molar-refractivity contribution in [2.24, 2.45) is 0 Å². The van der Waals surface area contributed by atoms with Crippen LogP contribution in [0.2, 0.25) is 0 Å². The molecule has 1 heterocycles. The molecule has 1 rings (SSSR count). The molecule has 0 aliphatic heterocycles. The summed E-state index contributed by atoms with van der Waals surface area (Å²) in [5.74, 6) is 3.16. The van der Waals surface area contributed by atoms with Crippen LogP contribution in [0.15, 0.2) is 0 Å². The zero-order chi connectivity index (χ0) is 15.1. The molecule has 0 bridgehead atoms. The lowest BCUT2D eigenvalue weighted by atomic mass is 10.1. The minimum absolute atomic E-state index is 0.333. The van der Waals surface area contributed by atoms with Crippen LogP contribution in [0.25, 0.3) is 0 Å². The number of aromatic nitrogens is 2. The van der Waals surface area contributed by atoms with Gasteiger partial charge in [-0.25, -0.2) is 9.97 Å². The van der Waals surface area contributed by atoms with Crippen molar-refractivity contribution in [1.29, 1.82) is 0 Å². The molecule has 20 heavy (non-hydrogen) atoms. The average Bonchev–Trinajstić information content (AvgIpc) is 2.40. The van der Waals surface area contributed by atoms with Crippen LogP contribution in [0.1, 0.15) is 71.2 Å². The van der Waals surface area contributed by atoms with Gasteiger partial charge in [-0.15, -0.1) is 0 Å². The van der Waals surface area contributed by atoms with Crippen molar-refractivity contribution in [3.05, 3.63) is 11.4 Å². The highest BCUT2D eigenvalue weighted by atomic mass is 15.1. The molecule has 4 nitrogen and oxygen atoms in total. The summed E-state index contributed by atoms with van der Waals surface area (Å²) in [6.07, 6.45) is 3.65. The maximum absolute atomic E-state index is 4.70. The molecule has 2 N–H and O–H groups in total. The van der Waals surface area contributed by atoms with Gasteiger partial charge >= 0.3 is 0 Å². The molecule has 0 fully saturated rings. The van der Waals surface area contributed by atoms with Gasteiger partial charge < -0.3 is 10.6 Å². The number of hydrogen-bond donors (Lipinski definition) is 2. The summed E-state index contributed by atoms with van der Waals surface area (Å²) < 4.78 is 0. The first-order chi connectivity index (χ1) is 9.49. The topological polar surface area (TPSA) is 49.8 Å². The van der Waals surface area contributed by atoms with Gasteiger partial charge in [0.05, 0.1) is 0 Å². The van der Waals surface area contributed by atoms with Crippen LogP contribution in [0.5, 0.6) is 0 Å².